The lowest BCUT2D eigenvalue weighted by Gasteiger charge is -2.28. The number of hydrogen-bond acceptors (Lipinski definition) is 1. The molecule has 1 aliphatic rings. The van der Waals surface area contributed by atoms with E-state index in [1.807, 2.05) is 0 Å². The van der Waals surface area contributed by atoms with Crippen molar-refractivity contribution in [3.8, 4) is 5.75 Å². The lowest BCUT2D eigenvalue weighted by molar-refractivity contribution is 0.262. The van der Waals surface area contributed by atoms with Gasteiger partial charge in [0.15, 0.2) is 0 Å². The highest BCUT2D eigenvalue weighted by molar-refractivity contribution is 6.17. The number of aryl methyl sites for hydroxylation is 1. The molecule has 1 aromatic heterocycles. The molecule has 130 valence electrons. The summed E-state index contributed by atoms with van der Waals surface area (Å²) in [6.07, 6.45) is 1.98. The van der Waals surface area contributed by atoms with Crippen molar-refractivity contribution in [1.29, 1.82) is 0 Å². The summed E-state index contributed by atoms with van der Waals surface area (Å²) < 4.78 is 8.67. The Balaban J connectivity index is 1.86. The summed E-state index contributed by atoms with van der Waals surface area (Å²) in [7, 11) is 0. The van der Waals surface area contributed by atoms with Gasteiger partial charge in [0.1, 0.15) is 12.4 Å². The van der Waals surface area contributed by atoms with E-state index >= 15 is 0 Å². The largest absolute Gasteiger partial charge is 0.489 e. The van der Waals surface area contributed by atoms with E-state index in [1.54, 1.807) is 0 Å². The fraction of sp³-hybridized carbons (Fsp3) is 0.217. The third-order valence-corrected chi connectivity index (χ3v) is 5.63. The lowest BCUT2D eigenvalue weighted by Crippen LogP contribution is -2.23. The summed E-state index contributed by atoms with van der Waals surface area (Å²) in [6, 6.07) is 23.9. The zero-order valence-corrected chi connectivity index (χ0v) is 15.2. The average Bonchev–Trinajstić information content (AvgIpc) is 3.05. The summed E-state index contributed by atoms with van der Waals surface area (Å²) >= 11 is 5.99. The number of nitrogens with zero attached hydrogens (tertiary/aromatic N) is 1. The van der Waals surface area contributed by atoms with Crippen molar-refractivity contribution < 1.29 is 4.74 Å². The van der Waals surface area contributed by atoms with E-state index in [1.165, 1.54) is 32.9 Å². The van der Waals surface area contributed by atoms with Crippen molar-refractivity contribution in [2.75, 3.05) is 12.5 Å². The van der Waals surface area contributed by atoms with E-state index in [-0.39, 0.29) is 6.04 Å². The van der Waals surface area contributed by atoms with E-state index in [0.29, 0.717) is 12.5 Å². The fourth-order valence-corrected chi connectivity index (χ4v) is 4.38. The van der Waals surface area contributed by atoms with Crippen LogP contribution in [0.2, 0.25) is 0 Å². The number of alkyl halides is 1. The number of benzene rings is 3. The molecule has 2 heterocycles. The van der Waals surface area contributed by atoms with E-state index in [4.69, 9.17) is 16.3 Å². The van der Waals surface area contributed by atoms with Crippen LogP contribution in [-0.4, -0.2) is 17.1 Å². The van der Waals surface area contributed by atoms with E-state index < -0.39 is 0 Å². The van der Waals surface area contributed by atoms with Crippen LogP contribution in [0.1, 0.15) is 23.6 Å². The topological polar surface area (TPSA) is 14.2 Å². The monoisotopic (exact) mass is 361 g/mol. The molecule has 1 atom stereocenters. The first-order chi connectivity index (χ1) is 12.9. The number of fused-ring (bicyclic) bond motifs is 3. The van der Waals surface area contributed by atoms with Crippen molar-refractivity contribution >= 4 is 33.4 Å². The molecule has 0 amide bonds. The molecule has 3 heteroatoms. The Morgan fingerprint density at radius 2 is 1.65 bits per heavy atom. The van der Waals surface area contributed by atoms with E-state index in [0.717, 1.165) is 18.6 Å². The number of para-hydroxylation sites is 2. The van der Waals surface area contributed by atoms with E-state index in [2.05, 4.69) is 71.3 Å². The van der Waals surface area contributed by atoms with Gasteiger partial charge < -0.3 is 9.30 Å². The highest BCUT2D eigenvalue weighted by Crippen LogP contribution is 2.43. The van der Waals surface area contributed by atoms with Gasteiger partial charge in [-0.05, 0) is 30.0 Å². The van der Waals surface area contributed by atoms with Gasteiger partial charge in [-0.15, -0.1) is 11.6 Å². The highest BCUT2D eigenvalue weighted by Gasteiger charge is 2.27. The summed E-state index contributed by atoms with van der Waals surface area (Å²) in [4.78, 5) is 0. The van der Waals surface area contributed by atoms with Gasteiger partial charge in [-0.25, -0.2) is 0 Å². The summed E-state index contributed by atoms with van der Waals surface area (Å²) in [5.41, 5.74) is 5.19. The third kappa shape index (κ3) is 2.33. The van der Waals surface area contributed by atoms with Gasteiger partial charge in [-0.3, -0.25) is 0 Å². The minimum Gasteiger partial charge on any atom is -0.489 e. The molecule has 2 nitrogen and oxygen atoms in total. The summed E-state index contributed by atoms with van der Waals surface area (Å²) in [6.45, 7) is 0.656. The molecule has 0 saturated heterocycles. The molecule has 0 bridgehead atoms. The highest BCUT2D eigenvalue weighted by atomic mass is 35.5. The van der Waals surface area contributed by atoms with E-state index in [9.17, 15) is 0 Å². The van der Waals surface area contributed by atoms with Gasteiger partial charge in [0.2, 0.25) is 0 Å². The fourth-order valence-electron chi connectivity index (χ4n) is 4.24. The van der Waals surface area contributed by atoms with Crippen LogP contribution in [0.4, 0.5) is 0 Å². The van der Waals surface area contributed by atoms with Crippen LogP contribution in [0.25, 0.3) is 21.8 Å². The molecule has 1 aliphatic heterocycles. The molecule has 4 aromatic rings. The van der Waals surface area contributed by atoms with Crippen LogP contribution in [-0.2, 0) is 6.42 Å². The summed E-state index contributed by atoms with van der Waals surface area (Å²) in [5, 5.41) is 2.58. The van der Waals surface area contributed by atoms with Crippen LogP contribution in [0.5, 0.6) is 5.75 Å². The Kier molecular flexibility index (Phi) is 3.86. The second-order valence-corrected chi connectivity index (χ2v) is 7.24. The molecule has 0 aliphatic carbocycles. The van der Waals surface area contributed by atoms with Gasteiger partial charge in [0.05, 0.1) is 17.1 Å². The quantitative estimate of drug-likeness (QED) is 0.410. The van der Waals surface area contributed by atoms with Crippen molar-refractivity contribution in [3.05, 3.63) is 77.9 Å². The predicted molar refractivity (Wildman–Crippen MR) is 109 cm³/mol. The first kappa shape index (κ1) is 15.8. The first-order valence-corrected chi connectivity index (χ1v) is 9.70. The van der Waals surface area contributed by atoms with Crippen LogP contribution in [0.15, 0.2) is 66.7 Å². The zero-order valence-electron chi connectivity index (χ0n) is 14.5. The minimum atomic E-state index is 0.184. The molecule has 1 unspecified atom stereocenters. The first-order valence-electron chi connectivity index (χ1n) is 9.16. The Bertz CT molecular complexity index is 1080. The van der Waals surface area contributed by atoms with Crippen LogP contribution < -0.4 is 4.74 Å². The zero-order chi connectivity index (χ0) is 17.5. The standard InChI is InChI=1S/C23H20ClNO/c24-14-6-10-17-9-4-11-18-19-12-5-13-21-23(19)25(22(17)18)20(15-26-21)16-7-2-1-3-8-16/h1-5,7-9,11-13,20H,6,10,14-15H2. The number of halogens is 1. The second-order valence-electron chi connectivity index (χ2n) is 6.87. The molecule has 0 radical (unpaired) electrons. The van der Waals surface area contributed by atoms with Crippen molar-refractivity contribution in [1.82, 2.24) is 4.57 Å². The number of hydrogen-bond donors (Lipinski definition) is 0. The maximum absolute atomic E-state index is 6.17. The normalized spacial score (nSPS) is 16.1. The molecular weight excluding hydrogens is 342 g/mol. The maximum Gasteiger partial charge on any atom is 0.143 e. The molecule has 0 fully saturated rings. The van der Waals surface area contributed by atoms with Crippen molar-refractivity contribution in [2.45, 2.75) is 18.9 Å². The predicted octanol–water partition coefficient (Wildman–Crippen LogP) is 5.95. The molecular formula is C23H20ClNO. The van der Waals surface area contributed by atoms with Gasteiger partial charge in [-0.2, -0.15) is 0 Å². The Morgan fingerprint density at radius 1 is 0.885 bits per heavy atom. The van der Waals surface area contributed by atoms with Gasteiger partial charge in [0.25, 0.3) is 0 Å². The second kappa shape index (κ2) is 6.37. The smallest absolute Gasteiger partial charge is 0.143 e. The van der Waals surface area contributed by atoms with Crippen LogP contribution in [0, 0.1) is 0 Å². The molecule has 0 saturated carbocycles. The Hall–Kier alpha value is -2.45. The van der Waals surface area contributed by atoms with Crippen molar-refractivity contribution in [3.63, 3.8) is 0 Å². The van der Waals surface area contributed by atoms with Gasteiger partial charge >= 0.3 is 0 Å². The molecule has 3 aromatic carbocycles. The van der Waals surface area contributed by atoms with Gasteiger partial charge in [0, 0.05) is 16.7 Å². The summed E-state index contributed by atoms with van der Waals surface area (Å²) in [5.74, 6) is 1.67. The molecule has 26 heavy (non-hydrogen) atoms. The number of aromatic nitrogens is 1. The van der Waals surface area contributed by atoms with Crippen LogP contribution >= 0.6 is 11.6 Å². The Morgan fingerprint density at radius 3 is 2.46 bits per heavy atom. The number of ether oxygens (including phenoxy) is 1. The van der Waals surface area contributed by atoms with Crippen molar-refractivity contribution in [2.24, 2.45) is 0 Å². The maximum atomic E-state index is 6.17. The average molecular weight is 362 g/mol. The third-order valence-electron chi connectivity index (χ3n) is 5.36. The van der Waals surface area contributed by atoms with Gasteiger partial charge in [-0.1, -0.05) is 60.7 Å². The Labute approximate surface area is 158 Å². The molecule has 5 rings (SSSR count). The SMILES string of the molecule is ClCCCc1cccc2c3cccc4c3n(c12)C(c1ccccc1)CO4. The minimum absolute atomic E-state index is 0.184. The number of rotatable bonds is 4. The molecule has 0 N–H and O–H groups in total. The lowest BCUT2D eigenvalue weighted by atomic mass is 10.0. The molecule has 0 spiro atoms. The van der Waals surface area contributed by atoms with Crippen LogP contribution in [0.3, 0.4) is 0 Å².